The zero-order chi connectivity index (χ0) is 15.3. The predicted molar refractivity (Wildman–Crippen MR) is 84.1 cm³/mol. The molecular formula is C15H18BrF3S. The highest BCUT2D eigenvalue weighted by Crippen LogP contribution is 2.83. The summed E-state index contributed by atoms with van der Waals surface area (Å²) in [4.78, 5) is 0.850. The molecule has 0 aliphatic carbocycles. The molecule has 1 aliphatic rings. The molecule has 0 bridgehead atoms. The summed E-state index contributed by atoms with van der Waals surface area (Å²) in [6.45, 7) is 7.48. The molecule has 1 atom stereocenters. The first kappa shape index (κ1) is 16.0. The number of fused-ring (bicyclic) bond motifs is 1. The predicted octanol–water partition coefficient (Wildman–Crippen LogP) is 6.64. The first-order chi connectivity index (χ1) is 9.03. The van der Waals surface area contributed by atoms with E-state index in [1.54, 1.807) is 18.2 Å². The summed E-state index contributed by atoms with van der Waals surface area (Å²) in [5.41, 5.74) is -3.09. The Morgan fingerprint density at radius 2 is 1.75 bits per heavy atom. The lowest BCUT2D eigenvalue weighted by Crippen LogP contribution is -2.22. The van der Waals surface area contributed by atoms with Crippen LogP contribution >= 0.6 is 23.3 Å². The average Bonchev–Trinajstić information content (AvgIpc) is 2.63. The second-order valence-electron chi connectivity index (χ2n) is 5.92. The van der Waals surface area contributed by atoms with Gasteiger partial charge in [0.25, 0.3) is 0 Å². The second kappa shape index (κ2) is 4.80. The van der Waals surface area contributed by atoms with Gasteiger partial charge in [0, 0.05) is 4.90 Å². The average molecular weight is 367 g/mol. The van der Waals surface area contributed by atoms with E-state index in [1.807, 2.05) is 33.8 Å². The Bertz CT molecular complexity index is 569. The Morgan fingerprint density at radius 3 is 2.20 bits per heavy atom. The van der Waals surface area contributed by atoms with Crippen molar-refractivity contribution in [2.45, 2.75) is 44.5 Å². The van der Waals surface area contributed by atoms with Gasteiger partial charge < -0.3 is 0 Å². The Hall–Kier alpha value is -0.420. The van der Waals surface area contributed by atoms with Gasteiger partial charge in [-0.05, 0) is 63.3 Å². The van der Waals surface area contributed by atoms with Crippen LogP contribution in [0, 0.1) is 5.41 Å². The molecule has 0 fully saturated rings. The van der Waals surface area contributed by atoms with Crippen LogP contribution < -0.4 is 0 Å². The molecule has 1 heterocycles. The number of hydrogen-bond donors (Lipinski definition) is 0. The third-order valence-electron chi connectivity index (χ3n) is 3.48. The molecule has 112 valence electrons. The maximum Gasteiger partial charge on any atom is 0.442 e. The van der Waals surface area contributed by atoms with E-state index >= 15 is 0 Å². The van der Waals surface area contributed by atoms with E-state index in [9.17, 15) is 13.2 Å². The minimum Gasteiger partial charge on any atom is -0.160 e. The molecule has 1 unspecified atom stereocenters. The Balaban J connectivity index is 2.78. The molecule has 0 saturated carbocycles. The molecule has 20 heavy (non-hydrogen) atoms. The van der Waals surface area contributed by atoms with E-state index in [0.29, 0.717) is 9.80 Å². The van der Waals surface area contributed by atoms with Crippen molar-refractivity contribution in [3.63, 3.8) is 0 Å². The van der Waals surface area contributed by atoms with Crippen LogP contribution in [0.25, 0.3) is 6.08 Å². The quantitative estimate of drug-likeness (QED) is 0.522. The van der Waals surface area contributed by atoms with Crippen molar-refractivity contribution in [3.8, 4) is 0 Å². The number of allylic oxidation sites excluding steroid dienone is 1. The number of rotatable bonds is 1. The summed E-state index contributed by atoms with van der Waals surface area (Å²) in [5, 5.41) is 0. The Morgan fingerprint density at radius 1 is 1.15 bits per heavy atom. The number of alkyl halides is 3. The van der Waals surface area contributed by atoms with E-state index in [-0.39, 0.29) is 0 Å². The molecule has 0 N–H and O–H groups in total. The highest BCUT2D eigenvalue weighted by atomic mass is 79.9. The smallest absolute Gasteiger partial charge is 0.160 e. The van der Waals surface area contributed by atoms with Crippen molar-refractivity contribution < 1.29 is 13.2 Å². The number of halogens is 4. The minimum atomic E-state index is -4.29. The van der Waals surface area contributed by atoms with Crippen LogP contribution in [0.2, 0.25) is 0 Å². The maximum atomic E-state index is 13.8. The Labute approximate surface area is 127 Å². The highest BCUT2D eigenvalue weighted by molar-refractivity contribution is 9.59. The van der Waals surface area contributed by atoms with Gasteiger partial charge in [-0.1, -0.05) is 39.8 Å². The summed E-state index contributed by atoms with van der Waals surface area (Å²) >= 11 is 3.12. The monoisotopic (exact) mass is 366 g/mol. The number of benzene rings is 1. The zero-order valence-corrected chi connectivity index (χ0v) is 14.3. The van der Waals surface area contributed by atoms with E-state index in [4.69, 9.17) is 0 Å². The van der Waals surface area contributed by atoms with Crippen molar-refractivity contribution in [2.24, 2.45) is 5.41 Å². The fourth-order valence-electron chi connectivity index (χ4n) is 2.53. The van der Waals surface area contributed by atoms with Crippen molar-refractivity contribution in [1.29, 1.82) is 0 Å². The van der Waals surface area contributed by atoms with Crippen LogP contribution in [0.15, 0.2) is 28.0 Å². The molecule has 1 aliphatic heterocycles. The number of aryl methyl sites for hydroxylation is 1. The standard InChI is InChI=1S/C15H18BrF3S/c1-5-10-7-6-8-12-11(10)9-13(14(2,3)4)20(12,16)15(17,18)19/h6-9H,5H2,1-4H3. The number of hydrogen-bond acceptors (Lipinski definition) is 0. The van der Waals surface area contributed by atoms with E-state index < -0.39 is 19.4 Å². The van der Waals surface area contributed by atoms with Gasteiger partial charge in [-0.3, -0.25) is 0 Å². The van der Waals surface area contributed by atoms with Crippen LogP contribution in [0.3, 0.4) is 0 Å². The second-order valence-corrected chi connectivity index (χ2v) is 11.3. The molecule has 0 aromatic heterocycles. The lowest BCUT2D eigenvalue weighted by atomic mass is 9.94. The van der Waals surface area contributed by atoms with Gasteiger partial charge in [0.15, 0.2) is 0 Å². The van der Waals surface area contributed by atoms with Crippen LogP contribution in [-0.2, 0) is 6.42 Å². The molecule has 1 aromatic carbocycles. The van der Waals surface area contributed by atoms with Gasteiger partial charge in [-0.15, -0.1) is 0 Å². The van der Waals surface area contributed by atoms with Gasteiger partial charge in [0.05, 0.1) is 0 Å². The molecule has 0 spiro atoms. The van der Waals surface area contributed by atoms with Gasteiger partial charge in [0.2, 0.25) is 0 Å². The van der Waals surface area contributed by atoms with Gasteiger partial charge in [-0.25, -0.2) is 0 Å². The highest BCUT2D eigenvalue weighted by Gasteiger charge is 2.57. The van der Waals surface area contributed by atoms with Crippen LogP contribution in [0.4, 0.5) is 13.2 Å². The molecule has 1 aromatic rings. The summed E-state index contributed by atoms with van der Waals surface area (Å²) in [5.74, 6) is 0. The minimum absolute atomic E-state index is 0.397. The molecular weight excluding hydrogens is 349 g/mol. The summed E-state index contributed by atoms with van der Waals surface area (Å²) in [6, 6.07) is 5.25. The van der Waals surface area contributed by atoms with Gasteiger partial charge in [-0.2, -0.15) is 13.2 Å². The van der Waals surface area contributed by atoms with E-state index in [1.165, 1.54) is 0 Å². The van der Waals surface area contributed by atoms with Crippen LogP contribution in [0.5, 0.6) is 0 Å². The topological polar surface area (TPSA) is 0 Å². The first-order valence-corrected chi connectivity index (χ1v) is 9.94. The zero-order valence-electron chi connectivity index (χ0n) is 11.9. The molecule has 0 amide bonds. The third kappa shape index (κ3) is 2.23. The van der Waals surface area contributed by atoms with E-state index in [0.717, 1.165) is 17.5 Å². The SMILES string of the molecule is CCc1cccc2c1C=C(C(C)(C)C)S2(Br)C(F)(F)F. The summed E-state index contributed by atoms with van der Waals surface area (Å²) in [6.07, 6.45) is 2.49. The molecule has 5 heteroatoms. The van der Waals surface area contributed by atoms with E-state index in [2.05, 4.69) is 14.8 Å². The molecule has 0 radical (unpaired) electrons. The summed E-state index contributed by atoms with van der Waals surface area (Å²) < 4.78 is 41.4. The maximum absolute atomic E-state index is 13.8. The fourth-order valence-corrected chi connectivity index (χ4v) is 7.73. The Kier molecular flexibility index (Phi) is 3.83. The first-order valence-electron chi connectivity index (χ1n) is 6.47. The summed E-state index contributed by atoms with van der Waals surface area (Å²) in [7, 11) is -3.14. The molecule has 0 nitrogen and oxygen atoms in total. The molecule has 2 rings (SSSR count). The van der Waals surface area contributed by atoms with Crippen molar-refractivity contribution in [3.05, 3.63) is 34.2 Å². The lowest BCUT2D eigenvalue weighted by molar-refractivity contribution is -0.0358. The normalized spacial score (nSPS) is 25.9. The fraction of sp³-hybridized carbons (Fsp3) is 0.467. The lowest BCUT2D eigenvalue weighted by Gasteiger charge is -2.40. The largest absolute Gasteiger partial charge is 0.442 e. The van der Waals surface area contributed by atoms with Crippen LogP contribution in [0.1, 0.15) is 38.8 Å². The van der Waals surface area contributed by atoms with Crippen molar-refractivity contribution >= 4 is 29.4 Å². The van der Waals surface area contributed by atoms with Crippen LogP contribution in [-0.4, -0.2) is 5.51 Å². The van der Waals surface area contributed by atoms with Gasteiger partial charge in [0.1, 0.15) is 0 Å². The third-order valence-corrected chi connectivity index (χ3v) is 9.61. The van der Waals surface area contributed by atoms with Crippen molar-refractivity contribution in [1.82, 2.24) is 0 Å². The molecule has 0 saturated heterocycles. The van der Waals surface area contributed by atoms with Crippen molar-refractivity contribution in [2.75, 3.05) is 0 Å². The van der Waals surface area contributed by atoms with Gasteiger partial charge >= 0.3 is 5.51 Å².